The molecule has 1 aromatic carbocycles. The molecule has 0 saturated heterocycles. The molecule has 39 heavy (non-hydrogen) atoms. The fourth-order valence-corrected chi connectivity index (χ4v) is 3.22. The third-order valence-corrected chi connectivity index (χ3v) is 5.51. The van der Waals surface area contributed by atoms with Gasteiger partial charge in [-0.25, -0.2) is 4.57 Å². The van der Waals surface area contributed by atoms with Crippen molar-refractivity contribution >= 4 is 7.82 Å². The maximum atomic E-state index is 13.7. The van der Waals surface area contributed by atoms with Gasteiger partial charge in [0.1, 0.15) is 19.0 Å². The number of rotatable bonds is 12. The molecule has 228 valence electrons. The van der Waals surface area contributed by atoms with Gasteiger partial charge in [0.25, 0.3) is 0 Å². The van der Waals surface area contributed by atoms with Crippen LogP contribution in [0.25, 0.3) is 0 Å². The van der Waals surface area contributed by atoms with Crippen LogP contribution in [-0.2, 0) is 13.6 Å². The molecule has 0 atom stereocenters. The summed E-state index contributed by atoms with van der Waals surface area (Å²) in [5, 5.41) is 0. The van der Waals surface area contributed by atoms with Crippen molar-refractivity contribution < 1.29 is 97.2 Å². The van der Waals surface area contributed by atoms with Crippen LogP contribution in [0.1, 0.15) is 0 Å². The van der Waals surface area contributed by atoms with Gasteiger partial charge in [0.05, 0.1) is 0 Å². The van der Waals surface area contributed by atoms with Crippen LogP contribution in [0.5, 0.6) is 5.75 Å². The molecule has 0 bridgehead atoms. The molecule has 0 unspecified atom stereocenters. The quantitative estimate of drug-likeness (QED) is 0.171. The van der Waals surface area contributed by atoms with Crippen molar-refractivity contribution in [2.24, 2.45) is 0 Å². The van der Waals surface area contributed by atoms with E-state index in [0.29, 0.717) is 12.1 Å². The normalized spacial score (nSPS) is 15.4. The first-order valence-corrected chi connectivity index (χ1v) is 10.5. The lowest BCUT2D eigenvalue weighted by molar-refractivity contribution is -0.399. The Balaban J connectivity index is 3.37. The van der Waals surface area contributed by atoms with Crippen LogP contribution in [0.15, 0.2) is 30.3 Å². The molecule has 0 fully saturated rings. The SMILES string of the molecule is O=P(OCC(F)(F)C(F)(F)C(F)(F)C(F)(F)F)(OCC(F)(F)C(F)(F)C(F)(F)C(F)(F)F)Oc1ccccc1. The number of alkyl halides is 18. The van der Waals surface area contributed by atoms with Crippen molar-refractivity contribution in [2.75, 3.05) is 13.2 Å². The number of phosphoric ester groups is 1. The predicted molar refractivity (Wildman–Crippen MR) is 88.4 cm³/mol. The minimum Gasteiger partial charge on any atom is -0.404 e. The van der Waals surface area contributed by atoms with Gasteiger partial charge in [0.15, 0.2) is 0 Å². The molecule has 0 aliphatic carbocycles. The third-order valence-electron chi connectivity index (χ3n) is 4.19. The molecule has 0 radical (unpaired) electrons. The summed E-state index contributed by atoms with van der Waals surface area (Å²) in [7, 11) is -6.64. The minimum absolute atomic E-state index is 0.578. The Morgan fingerprint density at radius 3 is 1.10 bits per heavy atom. The Hall–Kier alpha value is -2.09. The van der Waals surface area contributed by atoms with Crippen LogP contribution in [0.2, 0.25) is 0 Å². The molecule has 0 aliphatic rings. The average molecular weight is 638 g/mol. The number of benzene rings is 1. The molecule has 1 aromatic rings. The van der Waals surface area contributed by atoms with E-state index in [4.69, 9.17) is 0 Å². The Morgan fingerprint density at radius 2 is 0.821 bits per heavy atom. The van der Waals surface area contributed by atoms with E-state index >= 15 is 0 Å². The van der Waals surface area contributed by atoms with Crippen LogP contribution in [0, 0.1) is 0 Å². The molecule has 0 heterocycles. The maximum Gasteiger partial charge on any atom is 0.530 e. The average Bonchev–Trinajstić information content (AvgIpc) is 2.75. The van der Waals surface area contributed by atoms with Gasteiger partial charge in [-0.3, -0.25) is 9.05 Å². The number of phosphoric acid groups is 1. The molecular formula is C16H9F18O4P. The molecule has 0 N–H and O–H groups in total. The third kappa shape index (κ3) is 6.63. The molecule has 1 rings (SSSR count). The van der Waals surface area contributed by atoms with Crippen molar-refractivity contribution in [3.05, 3.63) is 30.3 Å². The summed E-state index contributed by atoms with van der Waals surface area (Å²) < 4.78 is 256. The highest BCUT2D eigenvalue weighted by Gasteiger charge is 2.83. The molecular weight excluding hydrogens is 629 g/mol. The van der Waals surface area contributed by atoms with Gasteiger partial charge in [-0.1, -0.05) is 18.2 Å². The molecule has 0 aliphatic heterocycles. The zero-order valence-corrected chi connectivity index (χ0v) is 18.6. The molecule has 0 amide bonds. The van der Waals surface area contributed by atoms with Gasteiger partial charge < -0.3 is 4.52 Å². The monoisotopic (exact) mass is 638 g/mol. The van der Waals surface area contributed by atoms with E-state index in [1.165, 1.54) is 0 Å². The molecule has 4 nitrogen and oxygen atoms in total. The first kappa shape index (κ1) is 34.9. The van der Waals surface area contributed by atoms with E-state index in [0.717, 1.165) is 18.2 Å². The highest BCUT2D eigenvalue weighted by atomic mass is 31.2. The second-order valence-electron chi connectivity index (χ2n) is 7.10. The smallest absolute Gasteiger partial charge is 0.404 e. The van der Waals surface area contributed by atoms with E-state index in [1.807, 2.05) is 0 Å². The van der Waals surface area contributed by atoms with E-state index < -0.39 is 74.7 Å². The summed E-state index contributed by atoms with van der Waals surface area (Å²) in [5.74, 6) is -44.5. The van der Waals surface area contributed by atoms with Crippen molar-refractivity contribution in [3.8, 4) is 5.75 Å². The van der Waals surface area contributed by atoms with E-state index in [1.54, 1.807) is 0 Å². The van der Waals surface area contributed by atoms with Gasteiger partial charge >= 0.3 is 55.7 Å². The summed E-state index contributed by atoms with van der Waals surface area (Å²) in [6.07, 6.45) is -14.7. The zero-order valence-electron chi connectivity index (χ0n) is 17.7. The Kier molecular flexibility index (Phi) is 9.30. The summed E-state index contributed by atoms with van der Waals surface area (Å²) in [5.41, 5.74) is 0. The Bertz CT molecular complexity index is 962. The molecule has 23 heteroatoms. The highest BCUT2D eigenvalue weighted by Crippen LogP contribution is 2.58. The maximum absolute atomic E-state index is 13.7. The standard InChI is InChI=1S/C16H9F18O4P/c17-9(18,11(21,22)13(25,26)15(29,30)31)6-36-39(35,38-8-4-2-1-3-5-8)37-7-10(19,20)12(23,24)14(27,28)16(32,33)34/h1-5H,6-7H2. The second-order valence-corrected chi connectivity index (χ2v) is 8.69. The van der Waals surface area contributed by atoms with Gasteiger partial charge in [-0.2, -0.15) is 79.0 Å². The second kappa shape index (κ2) is 10.4. The lowest BCUT2D eigenvalue weighted by Gasteiger charge is -2.34. The van der Waals surface area contributed by atoms with Crippen molar-refractivity contribution in [2.45, 2.75) is 47.9 Å². The van der Waals surface area contributed by atoms with E-state index in [9.17, 15) is 83.6 Å². The van der Waals surface area contributed by atoms with Crippen molar-refractivity contribution in [1.82, 2.24) is 0 Å². The van der Waals surface area contributed by atoms with E-state index in [2.05, 4.69) is 13.6 Å². The molecule has 0 aromatic heterocycles. The minimum atomic E-state index is -7.53. The highest BCUT2D eigenvalue weighted by molar-refractivity contribution is 7.48. The summed E-state index contributed by atoms with van der Waals surface area (Å²) in [4.78, 5) is 0. The fraction of sp³-hybridized carbons (Fsp3) is 0.625. The number of hydrogen-bond acceptors (Lipinski definition) is 4. The predicted octanol–water partition coefficient (Wildman–Crippen LogP) is 8.14. The number of hydrogen-bond donors (Lipinski definition) is 0. The first-order chi connectivity index (χ1) is 17.0. The van der Waals surface area contributed by atoms with Crippen LogP contribution >= 0.6 is 7.82 Å². The van der Waals surface area contributed by atoms with Crippen molar-refractivity contribution in [3.63, 3.8) is 0 Å². The molecule has 0 spiro atoms. The molecule has 0 saturated carbocycles. The van der Waals surface area contributed by atoms with Crippen LogP contribution in [-0.4, -0.2) is 61.1 Å². The lowest BCUT2D eigenvalue weighted by Crippen LogP contribution is -2.62. The first-order valence-electron chi connectivity index (χ1n) is 9.03. The van der Waals surface area contributed by atoms with E-state index in [-0.39, 0.29) is 0 Å². The lowest BCUT2D eigenvalue weighted by atomic mass is 10.1. The van der Waals surface area contributed by atoms with Crippen LogP contribution in [0.3, 0.4) is 0 Å². The summed E-state index contributed by atoms with van der Waals surface area (Å²) >= 11 is 0. The fourth-order valence-electron chi connectivity index (χ4n) is 2.02. The summed E-state index contributed by atoms with van der Waals surface area (Å²) in [6.45, 7) is -7.17. The van der Waals surface area contributed by atoms with Gasteiger partial charge in [0.2, 0.25) is 0 Å². The van der Waals surface area contributed by atoms with Gasteiger partial charge in [-0.15, -0.1) is 0 Å². The Labute approximate surface area is 203 Å². The van der Waals surface area contributed by atoms with Crippen LogP contribution in [0.4, 0.5) is 79.0 Å². The zero-order chi connectivity index (χ0) is 31.1. The largest absolute Gasteiger partial charge is 0.530 e. The topological polar surface area (TPSA) is 44.8 Å². The van der Waals surface area contributed by atoms with Crippen LogP contribution < -0.4 is 4.52 Å². The van der Waals surface area contributed by atoms with Gasteiger partial charge in [-0.05, 0) is 12.1 Å². The summed E-state index contributed by atoms with van der Waals surface area (Å²) in [6, 6.07) is 3.99. The Morgan fingerprint density at radius 1 is 0.513 bits per heavy atom. The number of para-hydroxylation sites is 1. The number of halogens is 18. The van der Waals surface area contributed by atoms with Crippen molar-refractivity contribution in [1.29, 1.82) is 0 Å². The van der Waals surface area contributed by atoms with Gasteiger partial charge in [0, 0.05) is 0 Å².